The van der Waals surface area contributed by atoms with Gasteiger partial charge in [-0.1, -0.05) is 18.2 Å². The van der Waals surface area contributed by atoms with Crippen molar-refractivity contribution in [1.82, 2.24) is 9.29 Å². The zero-order valence-corrected chi connectivity index (χ0v) is 16.5. The predicted octanol–water partition coefficient (Wildman–Crippen LogP) is 2.81. The van der Waals surface area contributed by atoms with Crippen LogP contribution < -0.4 is 15.0 Å². The summed E-state index contributed by atoms with van der Waals surface area (Å²) in [5.41, 5.74) is 2.32. The van der Waals surface area contributed by atoms with Crippen LogP contribution in [0.5, 0.6) is 5.75 Å². The Morgan fingerprint density at radius 2 is 1.75 bits per heavy atom. The molecule has 0 amide bonds. The van der Waals surface area contributed by atoms with Crippen molar-refractivity contribution in [1.29, 1.82) is 0 Å². The van der Waals surface area contributed by atoms with Crippen molar-refractivity contribution in [3.8, 4) is 17.0 Å². The number of hydrogen-bond donors (Lipinski definition) is 1. The molecule has 3 aromatic rings. The zero-order chi connectivity index (χ0) is 19.6. The number of methoxy groups -OCH3 is 1. The molecular formula is C21H23N3O3S. The van der Waals surface area contributed by atoms with Crippen LogP contribution in [0, 0.1) is 0 Å². The van der Waals surface area contributed by atoms with Gasteiger partial charge >= 0.3 is 0 Å². The van der Waals surface area contributed by atoms with Crippen molar-refractivity contribution in [2.45, 2.75) is 4.90 Å². The lowest BCUT2D eigenvalue weighted by Gasteiger charge is -2.29. The molecule has 2 heterocycles. The van der Waals surface area contributed by atoms with Gasteiger partial charge in [0.05, 0.1) is 17.7 Å². The lowest BCUT2D eigenvalue weighted by molar-refractivity contribution is 0.415. The molecule has 1 aliphatic heterocycles. The van der Waals surface area contributed by atoms with E-state index in [0.717, 1.165) is 37.4 Å². The van der Waals surface area contributed by atoms with Gasteiger partial charge in [-0.2, -0.15) is 0 Å². The van der Waals surface area contributed by atoms with E-state index in [1.165, 1.54) is 3.97 Å². The highest BCUT2D eigenvalue weighted by Gasteiger charge is 2.22. The normalized spacial score (nSPS) is 14.8. The summed E-state index contributed by atoms with van der Waals surface area (Å²) < 4.78 is 33.4. The molecule has 0 aliphatic carbocycles. The first-order valence-electron chi connectivity index (χ1n) is 9.23. The third kappa shape index (κ3) is 3.50. The van der Waals surface area contributed by atoms with Crippen molar-refractivity contribution in [2.24, 2.45) is 0 Å². The Morgan fingerprint density at radius 1 is 0.964 bits per heavy atom. The van der Waals surface area contributed by atoms with E-state index in [0.29, 0.717) is 11.4 Å². The molecule has 0 atom stereocenters. The van der Waals surface area contributed by atoms with Gasteiger partial charge in [-0.25, -0.2) is 12.4 Å². The summed E-state index contributed by atoms with van der Waals surface area (Å²) in [6, 6.07) is 18.1. The van der Waals surface area contributed by atoms with Crippen LogP contribution in [-0.4, -0.2) is 45.7 Å². The summed E-state index contributed by atoms with van der Waals surface area (Å²) in [6.07, 6.45) is 1.58. The van der Waals surface area contributed by atoms with Crippen LogP contribution in [0.4, 0.5) is 5.69 Å². The molecule has 7 heteroatoms. The van der Waals surface area contributed by atoms with Crippen molar-refractivity contribution in [3.05, 3.63) is 66.9 Å². The van der Waals surface area contributed by atoms with Gasteiger partial charge in [-0.3, -0.25) is 0 Å². The van der Waals surface area contributed by atoms with Crippen molar-refractivity contribution >= 4 is 15.7 Å². The third-order valence-corrected chi connectivity index (χ3v) is 6.62. The monoisotopic (exact) mass is 397 g/mol. The number of anilines is 1. The fourth-order valence-corrected chi connectivity index (χ4v) is 4.86. The molecule has 1 fully saturated rings. The second-order valence-corrected chi connectivity index (χ2v) is 8.48. The average Bonchev–Trinajstić information content (AvgIpc) is 3.25. The van der Waals surface area contributed by atoms with Gasteiger partial charge in [0.15, 0.2) is 0 Å². The Morgan fingerprint density at radius 3 is 2.54 bits per heavy atom. The number of ether oxygens (including phenoxy) is 1. The Hall–Kier alpha value is -2.77. The summed E-state index contributed by atoms with van der Waals surface area (Å²) in [4.78, 5) is 2.48. The molecule has 146 valence electrons. The van der Waals surface area contributed by atoms with Crippen LogP contribution in [0.2, 0.25) is 0 Å². The largest absolute Gasteiger partial charge is 0.497 e. The maximum absolute atomic E-state index is 13.4. The smallest absolute Gasteiger partial charge is 0.268 e. The molecule has 6 nitrogen and oxygen atoms in total. The molecule has 1 aliphatic rings. The third-order valence-electron chi connectivity index (χ3n) is 4.94. The van der Waals surface area contributed by atoms with E-state index in [1.54, 1.807) is 43.6 Å². The zero-order valence-electron chi connectivity index (χ0n) is 15.7. The first kappa shape index (κ1) is 18.6. The molecule has 0 unspecified atom stereocenters. The minimum atomic E-state index is -3.72. The SMILES string of the molecule is COc1cccc(-c2cccn2S(=O)(=O)c2cccc(N3CCNCC3)c2)c1. The fraction of sp³-hybridized carbons (Fsp3) is 0.238. The van der Waals surface area contributed by atoms with Crippen LogP contribution >= 0.6 is 0 Å². The Kier molecular flexibility index (Phi) is 5.11. The van der Waals surface area contributed by atoms with Crippen LogP contribution in [0.3, 0.4) is 0 Å². The number of rotatable bonds is 5. The second-order valence-electron chi connectivity index (χ2n) is 6.66. The molecule has 1 N–H and O–H groups in total. The van der Waals surface area contributed by atoms with E-state index < -0.39 is 10.0 Å². The predicted molar refractivity (Wildman–Crippen MR) is 111 cm³/mol. The topological polar surface area (TPSA) is 63.6 Å². The Bertz CT molecular complexity index is 1070. The standard InChI is InChI=1S/C21H23N3O3S/c1-27-19-7-2-5-17(15-19)21-9-4-12-24(21)28(25,26)20-8-3-6-18(16-20)23-13-10-22-11-14-23/h2-9,12,15-16,22H,10-11,13-14H2,1H3. The van der Waals surface area contributed by atoms with Crippen LogP contribution in [0.15, 0.2) is 71.8 Å². The van der Waals surface area contributed by atoms with E-state index >= 15 is 0 Å². The molecule has 0 saturated carbocycles. The minimum absolute atomic E-state index is 0.281. The molecule has 0 spiro atoms. The van der Waals surface area contributed by atoms with Gasteiger partial charge in [0.2, 0.25) is 0 Å². The van der Waals surface area contributed by atoms with E-state index in [4.69, 9.17) is 4.74 Å². The van der Waals surface area contributed by atoms with Crippen molar-refractivity contribution in [3.63, 3.8) is 0 Å². The highest BCUT2D eigenvalue weighted by molar-refractivity contribution is 7.90. The molecule has 1 aromatic heterocycles. The summed E-state index contributed by atoms with van der Waals surface area (Å²) >= 11 is 0. The summed E-state index contributed by atoms with van der Waals surface area (Å²) in [5, 5.41) is 3.31. The van der Waals surface area contributed by atoms with Crippen LogP contribution in [0.25, 0.3) is 11.3 Å². The Balaban J connectivity index is 1.73. The summed E-state index contributed by atoms with van der Waals surface area (Å²) in [5.74, 6) is 0.684. The highest BCUT2D eigenvalue weighted by atomic mass is 32.2. The van der Waals surface area contributed by atoms with Crippen molar-refractivity contribution in [2.75, 3.05) is 38.2 Å². The molecular weight excluding hydrogens is 374 g/mol. The number of nitrogens with zero attached hydrogens (tertiary/aromatic N) is 2. The number of hydrogen-bond acceptors (Lipinski definition) is 5. The molecule has 0 radical (unpaired) electrons. The lowest BCUT2D eigenvalue weighted by atomic mass is 10.1. The first-order chi connectivity index (χ1) is 13.6. The van der Waals surface area contributed by atoms with Gasteiger partial charge in [0.25, 0.3) is 10.0 Å². The summed E-state index contributed by atoms with van der Waals surface area (Å²) in [6.45, 7) is 3.52. The van der Waals surface area contributed by atoms with Gasteiger partial charge in [-0.05, 0) is 42.5 Å². The van der Waals surface area contributed by atoms with Crippen molar-refractivity contribution < 1.29 is 13.2 Å². The van der Waals surface area contributed by atoms with E-state index in [2.05, 4.69) is 10.2 Å². The molecule has 4 rings (SSSR count). The second kappa shape index (κ2) is 7.69. The first-order valence-corrected chi connectivity index (χ1v) is 10.7. The number of aromatic nitrogens is 1. The summed E-state index contributed by atoms with van der Waals surface area (Å²) in [7, 11) is -2.13. The van der Waals surface area contributed by atoms with Gasteiger partial charge in [-0.15, -0.1) is 0 Å². The molecule has 1 saturated heterocycles. The Labute approximate surface area is 165 Å². The average molecular weight is 398 g/mol. The molecule has 28 heavy (non-hydrogen) atoms. The van der Waals surface area contributed by atoms with Gasteiger partial charge < -0.3 is 15.0 Å². The molecule has 0 bridgehead atoms. The van der Waals surface area contributed by atoms with E-state index in [9.17, 15) is 8.42 Å². The van der Waals surface area contributed by atoms with Crippen LogP contribution in [-0.2, 0) is 10.0 Å². The lowest BCUT2D eigenvalue weighted by Crippen LogP contribution is -2.43. The number of nitrogens with one attached hydrogen (secondary N) is 1. The maximum atomic E-state index is 13.4. The molecule has 2 aromatic carbocycles. The minimum Gasteiger partial charge on any atom is -0.497 e. The fourth-order valence-electron chi connectivity index (χ4n) is 3.46. The van der Waals surface area contributed by atoms with Gasteiger partial charge in [0.1, 0.15) is 5.75 Å². The van der Waals surface area contributed by atoms with Gasteiger partial charge in [0, 0.05) is 43.6 Å². The number of piperazine rings is 1. The quantitative estimate of drug-likeness (QED) is 0.717. The highest BCUT2D eigenvalue weighted by Crippen LogP contribution is 2.29. The number of benzene rings is 2. The maximum Gasteiger partial charge on any atom is 0.268 e. The van der Waals surface area contributed by atoms with E-state index in [1.807, 2.05) is 30.3 Å². The van der Waals surface area contributed by atoms with Crippen LogP contribution in [0.1, 0.15) is 0 Å². The van der Waals surface area contributed by atoms with E-state index in [-0.39, 0.29) is 4.90 Å².